The molecule has 152 valence electrons. The van der Waals surface area contributed by atoms with Crippen LogP contribution in [0.25, 0.3) is 0 Å². The highest BCUT2D eigenvalue weighted by molar-refractivity contribution is 5.92. The van der Waals surface area contributed by atoms with E-state index < -0.39 is 0 Å². The molecule has 0 aromatic carbocycles. The number of Topliss-reactive ketones (excluding diaryl/α,β-unsaturated/α-hetero) is 1. The average Bonchev–Trinajstić information content (AvgIpc) is 2.98. The first kappa shape index (κ1) is 20.5. The summed E-state index contributed by atoms with van der Waals surface area (Å²) < 4.78 is 0. The monoisotopic (exact) mass is 375 g/mol. The molecule has 0 unspecified atom stereocenters. The van der Waals surface area contributed by atoms with Crippen LogP contribution in [0.5, 0.6) is 0 Å². The second-order valence-corrected chi connectivity index (χ2v) is 9.91. The minimum absolute atomic E-state index is 0.00399. The summed E-state index contributed by atoms with van der Waals surface area (Å²) in [5.41, 5.74) is 0.151. The number of fused-ring (bicyclic) bond motifs is 3. The Morgan fingerprint density at radius 1 is 0.963 bits per heavy atom. The van der Waals surface area contributed by atoms with Crippen LogP contribution < -0.4 is 0 Å². The predicted octanol–water partition coefficient (Wildman–Crippen LogP) is 4.40. The molecule has 1 saturated carbocycles. The molecule has 4 heteroatoms. The number of ketones is 1. The summed E-state index contributed by atoms with van der Waals surface area (Å²) >= 11 is 0. The van der Waals surface area contributed by atoms with Crippen molar-refractivity contribution < 1.29 is 14.4 Å². The molecule has 0 aromatic rings. The molecule has 1 amide bonds. The molecule has 2 saturated heterocycles. The van der Waals surface area contributed by atoms with E-state index in [0.29, 0.717) is 12.3 Å². The Balaban J connectivity index is 1.75. The predicted molar refractivity (Wildman–Crippen MR) is 106 cm³/mol. The van der Waals surface area contributed by atoms with Gasteiger partial charge in [-0.1, -0.05) is 65.7 Å². The number of hydrogen-bond acceptors (Lipinski definition) is 3. The van der Waals surface area contributed by atoms with Gasteiger partial charge in [0, 0.05) is 24.8 Å². The van der Waals surface area contributed by atoms with Gasteiger partial charge in [0.25, 0.3) is 0 Å². The van der Waals surface area contributed by atoms with Gasteiger partial charge in [-0.3, -0.25) is 9.59 Å². The molecule has 4 nitrogen and oxygen atoms in total. The standard InChI is InChI=1S/C23H37NO3/c1-16-11-9-7-5-4-6-8-10-12-17(15-25)13-19(26)21-20-18(23(20,2)3)14-24(21)22(16)27/h15-18,20-21H,4-14H2,1-3H3/t16-,17+,18-,20-,21+/m0/s1. The average molecular weight is 376 g/mol. The van der Waals surface area contributed by atoms with Crippen LogP contribution in [0, 0.1) is 29.1 Å². The third kappa shape index (κ3) is 4.30. The molecule has 0 bridgehead atoms. The van der Waals surface area contributed by atoms with Gasteiger partial charge in [0.1, 0.15) is 6.29 Å². The summed E-state index contributed by atoms with van der Waals surface area (Å²) in [4.78, 5) is 39.7. The van der Waals surface area contributed by atoms with E-state index in [1.54, 1.807) is 0 Å². The van der Waals surface area contributed by atoms with Gasteiger partial charge in [0.05, 0.1) is 6.04 Å². The molecule has 3 fully saturated rings. The maximum absolute atomic E-state index is 13.2. The lowest BCUT2D eigenvalue weighted by Gasteiger charge is -2.32. The Morgan fingerprint density at radius 3 is 2.19 bits per heavy atom. The Labute approximate surface area is 164 Å². The zero-order valence-electron chi connectivity index (χ0n) is 17.4. The molecule has 27 heavy (non-hydrogen) atoms. The summed E-state index contributed by atoms with van der Waals surface area (Å²) in [5.74, 6) is 0.826. The van der Waals surface area contributed by atoms with E-state index in [9.17, 15) is 14.4 Å². The van der Waals surface area contributed by atoms with Crippen molar-refractivity contribution in [3.05, 3.63) is 0 Å². The van der Waals surface area contributed by atoms with Crippen molar-refractivity contribution in [2.75, 3.05) is 6.54 Å². The lowest BCUT2D eigenvalue weighted by atomic mass is 9.89. The van der Waals surface area contributed by atoms with Crippen molar-refractivity contribution in [1.29, 1.82) is 0 Å². The van der Waals surface area contributed by atoms with Gasteiger partial charge in [-0.15, -0.1) is 0 Å². The Morgan fingerprint density at radius 2 is 1.56 bits per heavy atom. The van der Waals surface area contributed by atoms with Gasteiger partial charge >= 0.3 is 0 Å². The first-order valence-corrected chi connectivity index (χ1v) is 11.2. The van der Waals surface area contributed by atoms with Crippen molar-refractivity contribution in [2.45, 2.75) is 91.0 Å². The number of hydrogen-bond donors (Lipinski definition) is 0. The molecular formula is C23H37NO3. The van der Waals surface area contributed by atoms with Gasteiger partial charge in [-0.25, -0.2) is 0 Å². The van der Waals surface area contributed by atoms with Crippen molar-refractivity contribution in [2.24, 2.45) is 29.1 Å². The molecule has 2 aliphatic heterocycles. The number of carbonyl (C=O) groups is 3. The van der Waals surface area contributed by atoms with E-state index >= 15 is 0 Å². The number of amides is 1. The highest BCUT2D eigenvalue weighted by atomic mass is 16.2. The molecule has 3 rings (SSSR count). The van der Waals surface area contributed by atoms with E-state index in [1.807, 2.05) is 11.8 Å². The fraction of sp³-hybridized carbons (Fsp3) is 0.870. The first-order valence-electron chi connectivity index (χ1n) is 11.2. The molecule has 0 N–H and O–H groups in total. The largest absolute Gasteiger partial charge is 0.332 e. The van der Waals surface area contributed by atoms with Crippen LogP contribution in [0.15, 0.2) is 0 Å². The third-order valence-corrected chi connectivity index (χ3v) is 7.61. The molecule has 5 atom stereocenters. The topological polar surface area (TPSA) is 54.5 Å². The number of aldehydes is 1. The number of piperidine rings is 1. The minimum atomic E-state index is -0.296. The van der Waals surface area contributed by atoms with Gasteiger partial charge < -0.3 is 9.69 Å². The highest BCUT2D eigenvalue weighted by Gasteiger charge is 2.69. The van der Waals surface area contributed by atoms with E-state index in [1.165, 1.54) is 25.7 Å². The van der Waals surface area contributed by atoms with E-state index in [4.69, 9.17) is 0 Å². The van der Waals surface area contributed by atoms with Crippen LogP contribution >= 0.6 is 0 Å². The van der Waals surface area contributed by atoms with E-state index in [-0.39, 0.29) is 40.9 Å². The van der Waals surface area contributed by atoms with Crippen LogP contribution in [0.2, 0.25) is 0 Å². The van der Waals surface area contributed by atoms with E-state index in [0.717, 1.165) is 44.9 Å². The summed E-state index contributed by atoms with van der Waals surface area (Å²) in [6.45, 7) is 7.19. The summed E-state index contributed by atoms with van der Waals surface area (Å²) in [7, 11) is 0. The highest BCUT2D eigenvalue weighted by Crippen LogP contribution is 2.65. The molecule has 1 aliphatic carbocycles. The van der Waals surface area contributed by atoms with Crippen LogP contribution in [-0.4, -0.2) is 35.5 Å². The quantitative estimate of drug-likeness (QED) is 0.638. The molecular weight excluding hydrogens is 338 g/mol. The summed E-state index contributed by atoms with van der Waals surface area (Å²) in [6.07, 6.45) is 11.2. The van der Waals surface area contributed by atoms with Gasteiger partial charge in [-0.05, 0) is 30.1 Å². The van der Waals surface area contributed by atoms with Crippen LogP contribution in [-0.2, 0) is 14.4 Å². The first-order chi connectivity index (χ1) is 12.9. The van der Waals surface area contributed by atoms with Gasteiger partial charge in [0.15, 0.2) is 5.78 Å². The molecule has 0 spiro atoms. The van der Waals surface area contributed by atoms with Crippen LogP contribution in [0.3, 0.4) is 0 Å². The molecule has 3 aliphatic rings. The zero-order chi connectivity index (χ0) is 19.6. The van der Waals surface area contributed by atoms with Crippen molar-refractivity contribution >= 4 is 18.0 Å². The molecule has 0 aromatic heterocycles. The second kappa shape index (κ2) is 8.45. The lowest BCUT2D eigenvalue weighted by Crippen LogP contribution is -2.47. The molecule has 0 radical (unpaired) electrons. The Hall–Kier alpha value is -1.19. The fourth-order valence-electron chi connectivity index (χ4n) is 5.63. The minimum Gasteiger partial charge on any atom is -0.332 e. The SMILES string of the molecule is C[C@H]1CCCCCCCCC[C@@H](C=O)CC(=O)[C@@H]2[C@@H]3[C@H](CN2C1=O)C3(C)C. The maximum atomic E-state index is 13.2. The van der Waals surface area contributed by atoms with Crippen molar-refractivity contribution in [1.82, 2.24) is 4.90 Å². The van der Waals surface area contributed by atoms with Gasteiger partial charge in [0.2, 0.25) is 5.91 Å². The van der Waals surface area contributed by atoms with Crippen molar-refractivity contribution in [3.8, 4) is 0 Å². The van der Waals surface area contributed by atoms with Gasteiger partial charge in [-0.2, -0.15) is 0 Å². The van der Waals surface area contributed by atoms with E-state index in [2.05, 4.69) is 13.8 Å². The maximum Gasteiger partial charge on any atom is 0.226 e. The summed E-state index contributed by atoms with van der Waals surface area (Å²) in [5, 5.41) is 0. The third-order valence-electron chi connectivity index (χ3n) is 7.61. The summed E-state index contributed by atoms with van der Waals surface area (Å²) in [6, 6.07) is -0.296. The fourth-order valence-corrected chi connectivity index (χ4v) is 5.63. The van der Waals surface area contributed by atoms with Crippen LogP contribution in [0.4, 0.5) is 0 Å². The Bertz CT molecular complexity index is 570. The lowest BCUT2D eigenvalue weighted by molar-refractivity contribution is -0.143. The number of rotatable bonds is 1. The number of carbonyl (C=O) groups excluding carboxylic acids is 3. The zero-order valence-corrected chi connectivity index (χ0v) is 17.4. The normalized spacial score (nSPS) is 38.2. The van der Waals surface area contributed by atoms with Crippen molar-refractivity contribution in [3.63, 3.8) is 0 Å². The number of nitrogens with zero attached hydrogens (tertiary/aromatic N) is 1. The molecule has 2 heterocycles. The smallest absolute Gasteiger partial charge is 0.226 e. The second-order valence-electron chi connectivity index (χ2n) is 9.91. The van der Waals surface area contributed by atoms with Crippen LogP contribution in [0.1, 0.15) is 85.0 Å². The Kier molecular flexibility index (Phi) is 6.43.